The zero-order chi connectivity index (χ0) is 68.2. The van der Waals surface area contributed by atoms with Crippen LogP contribution in [0.4, 0.5) is 0 Å². The minimum absolute atomic E-state index is 0.173. The SMILES string of the molecule is CCCCCCCCCC/C=C\CCCCCCCCCCCCCCCCCCCCCCCC(=O)OC(COC(=O)CCCCCCCCCCCCCCCCCCCCCCCCCCCCCCCCCCCCCC)COC(OCC[N+](C)(C)C)C(=O)O. The first kappa shape index (κ1) is 92.0. The number of allylic oxidation sites excluding steroid dienone is 2. The van der Waals surface area contributed by atoms with Gasteiger partial charge in [-0.15, -0.1) is 0 Å². The summed E-state index contributed by atoms with van der Waals surface area (Å²) in [4.78, 5) is 37.8. The third-order valence-electron chi connectivity index (χ3n) is 19.8. The third-order valence-corrected chi connectivity index (χ3v) is 19.8. The molecule has 0 spiro atoms. The maximum atomic E-state index is 13.0. The van der Waals surface area contributed by atoms with E-state index in [1.54, 1.807) is 0 Å². The summed E-state index contributed by atoms with van der Waals surface area (Å²) in [6, 6.07) is 0. The Balaban J connectivity index is 3.92. The van der Waals surface area contributed by atoms with Crippen LogP contribution in [0.15, 0.2) is 12.2 Å². The number of unbranched alkanes of at least 4 members (excludes halogenated alkanes) is 64. The van der Waals surface area contributed by atoms with Crippen LogP contribution in [-0.2, 0) is 33.3 Å². The van der Waals surface area contributed by atoms with Crippen molar-refractivity contribution in [2.75, 3.05) is 47.5 Å². The van der Waals surface area contributed by atoms with Crippen molar-refractivity contribution in [1.82, 2.24) is 0 Å². The Morgan fingerprint density at radius 2 is 0.543 bits per heavy atom. The number of aliphatic carboxylic acids is 1. The molecule has 2 atom stereocenters. The number of nitrogens with zero attached hydrogens (tertiary/aromatic N) is 1. The second kappa shape index (κ2) is 76.8. The number of hydrogen-bond acceptors (Lipinski definition) is 7. The monoisotopic (exact) mass is 1330 g/mol. The van der Waals surface area contributed by atoms with Gasteiger partial charge in [0.15, 0.2) is 6.10 Å². The molecule has 1 N–H and O–H groups in total. The van der Waals surface area contributed by atoms with Crippen LogP contribution in [0.5, 0.6) is 0 Å². The van der Waals surface area contributed by atoms with Crippen LogP contribution in [-0.4, -0.2) is 87.4 Å². The summed E-state index contributed by atoms with van der Waals surface area (Å²) in [5.74, 6) is -1.96. The van der Waals surface area contributed by atoms with E-state index in [0.717, 1.165) is 38.5 Å². The summed E-state index contributed by atoms with van der Waals surface area (Å²) in [5, 5.41) is 9.78. The van der Waals surface area contributed by atoms with Crippen molar-refractivity contribution in [3.63, 3.8) is 0 Å². The van der Waals surface area contributed by atoms with Crippen molar-refractivity contribution in [3.8, 4) is 0 Å². The molecule has 0 fully saturated rings. The zero-order valence-electron chi connectivity index (χ0n) is 64.2. The van der Waals surface area contributed by atoms with Gasteiger partial charge in [-0.2, -0.15) is 0 Å². The number of carbonyl (C=O) groups excluding carboxylic acids is 2. The van der Waals surface area contributed by atoms with Crippen molar-refractivity contribution in [3.05, 3.63) is 12.2 Å². The van der Waals surface area contributed by atoms with E-state index in [-0.39, 0.29) is 38.2 Å². The molecule has 0 saturated carbocycles. The Morgan fingerprint density at radius 3 is 0.787 bits per heavy atom. The van der Waals surface area contributed by atoms with E-state index < -0.39 is 18.4 Å². The van der Waals surface area contributed by atoms with E-state index in [2.05, 4.69) is 26.0 Å². The molecule has 0 aliphatic carbocycles. The van der Waals surface area contributed by atoms with E-state index in [1.807, 2.05) is 21.1 Å². The van der Waals surface area contributed by atoms with Crippen molar-refractivity contribution < 1.29 is 42.9 Å². The number of esters is 2. The normalized spacial score (nSPS) is 12.6. The second-order valence-corrected chi connectivity index (χ2v) is 30.5. The fourth-order valence-electron chi connectivity index (χ4n) is 13.3. The van der Waals surface area contributed by atoms with Gasteiger partial charge in [0.1, 0.15) is 13.2 Å². The molecule has 0 aliphatic heterocycles. The summed E-state index contributed by atoms with van der Waals surface area (Å²) in [5.41, 5.74) is 0. The number of carbonyl (C=O) groups is 3. The van der Waals surface area contributed by atoms with Crippen molar-refractivity contribution in [2.24, 2.45) is 0 Å². The van der Waals surface area contributed by atoms with E-state index in [9.17, 15) is 19.5 Å². The first-order valence-corrected chi connectivity index (χ1v) is 42.4. The predicted octanol–water partition coefficient (Wildman–Crippen LogP) is 27.1. The van der Waals surface area contributed by atoms with Gasteiger partial charge in [0.25, 0.3) is 6.29 Å². The number of likely N-dealkylation sites (N-methyl/N-ethyl adjacent to an activating group) is 1. The topological polar surface area (TPSA) is 108 Å². The maximum Gasteiger partial charge on any atom is 0.361 e. The fourth-order valence-corrected chi connectivity index (χ4v) is 13.3. The quantitative estimate of drug-likeness (QED) is 0.0211. The summed E-state index contributed by atoms with van der Waals surface area (Å²) in [6.07, 6.45) is 94.0. The first-order valence-electron chi connectivity index (χ1n) is 42.4. The first-order chi connectivity index (χ1) is 46.1. The molecule has 9 nitrogen and oxygen atoms in total. The number of hydrogen-bond donors (Lipinski definition) is 1. The lowest BCUT2D eigenvalue weighted by atomic mass is 10.0. The van der Waals surface area contributed by atoms with Gasteiger partial charge in [0, 0.05) is 12.8 Å². The lowest BCUT2D eigenvalue weighted by Crippen LogP contribution is -2.40. The number of quaternary nitrogens is 1. The molecule has 2 unspecified atom stereocenters. The summed E-state index contributed by atoms with van der Waals surface area (Å²) in [6.45, 7) is 4.98. The lowest BCUT2D eigenvalue weighted by Gasteiger charge is -2.25. The lowest BCUT2D eigenvalue weighted by molar-refractivity contribution is -0.870. The van der Waals surface area contributed by atoms with Gasteiger partial charge in [0.05, 0.1) is 34.4 Å². The van der Waals surface area contributed by atoms with Crippen LogP contribution in [0.2, 0.25) is 0 Å². The summed E-state index contributed by atoms with van der Waals surface area (Å²) in [7, 11) is 6.01. The molecule has 9 heteroatoms. The highest BCUT2D eigenvalue weighted by Gasteiger charge is 2.25. The van der Waals surface area contributed by atoms with E-state index >= 15 is 0 Å². The van der Waals surface area contributed by atoms with Crippen molar-refractivity contribution >= 4 is 17.9 Å². The number of ether oxygens (including phenoxy) is 4. The average molecular weight is 1330 g/mol. The highest BCUT2D eigenvalue weighted by atomic mass is 16.7. The third kappa shape index (κ3) is 77.4. The molecule has 558 valence electrons. The Kier molecular flexibility index (Phi) is 75.2. The van der Waals surface area contributed by atoms with Crippen molar-refractivity contribution in [2.45, 2.75) is 469 Å². The van der Waals surface area contributed by atoms with Gasteiger partial charge in [0.2, 0.25) is 0 Å². The Labute approximate surface area is 586 Å². The van der Waals surface area contributed by atoms with Gasteiger partial charge in [-0.3, -0.25) is 9.59 Å². The van der Waals surface area contributed by atoms with Crippen LogP contribution < -0.4 is 0 Å². The molecule has 0 amide bonds. The zero-order valence-corrected chi connectivity index (χ0v) is 64.2. The molecule has 0 rings (SSSR count). The number of rotatable bonds is 81. The standard InChI is InChI=1S/C85H165NO8/c1-6-8-10-12-14-16-18-20-22-24-26-28-30-32-34-36-38-40-41-42-44-45-47-49-51-53-55-57-59-61-63-65-67-69-71-73-75-82(87)92-79-81(80-93-85(84(89)90)91-78-77-86(3,4)5)94-83(88)76-74-72-70-68-66-64-62-60-58-56-54-52-50-48-46-43-39-37-35-33-31-29-27-25-23-21-19-17-15-13-11-9-7-2/h25,27,81,85H,6-24,26,28-80H2,1-5H3/p+1/b27-25-. The minimum Gasteiger partial charge on any atom is -0.477 e. The molecule has 0 aliphatic rings. The van der Waals surface area contributed by atoms with Crippen LogP contribution >= 0.6 is 0 Å². The second-order valence-electron chi connectivity index (χ2n) is 30.5. The van der Waals surface area contributed by atoms with Gasteiger partial charge in [-0.25, -0.2) is 4.79 Å². The molecule has 0 aromatic rings. The molecule has 0 bridgehead atoms. The smallest absolute Gasteiger partial charge is 0.361 e. The fraction of sp³-hybridized carbons (Fsp3) is 0.941. The predicted molar refractivity (Wildman–Crippen MR) is 406 cm³/mol. The Hall–Kier alpha value is -1.97. The largest absolute Gasteiger partial charge is 0.477 e. The molecule has 94 heavy (non-hydrogen) atoms. The van der Waals surface area contributed by atoms with Gasteiger partial charge >= 0.3 is 17.9 Å². The highest BCUT2D eigenvalue weighted by molar-refractivity contribution is 5.71. The van der Waals surface area contributed by atoms with Gasteiger partial charge < -0.3 is 28.5 Å². The molecule has 0 heterocycles. The van der Waals surface area contributed by atoms with E-state index in [4.69, 9.17) is 18.9 Å². The van der Waals surface area contributed by atoms with Crippen LogP contribution in [0, 0.1) is 0 Å². The van der Waals surface area contributed by atoms with Crippen LogP contribution in [0.1, 0.15) is 457 Å². The number of carboxylic acid groups (broad SMARTS) is 1. The number of carboxylic acids is 1. The average Bonchev–Trinajstić information content (AvgIpc) is 3.35. The summed E-state index contributed by atoms with van der Waals surface area (Å²) >= 11 is 0. The Morgan fingerprint density at radius 1 is 0.309 bits per heavy atom. The molecule has 0 saturated heterocycles. The molecular weight excluding hydrogens is 1160 g/mol. The van der Waals surface area contributed by atoms with Crippen molar-refractivity contribution in [1.29, 1.82) is 0 Å². The van der Waals surface area contributed by atoms with Gasteiger partial charge in [-0.05, 0) is 38.5 Å². The Bertz CT molecular complexity index is 1550. The highest BCUT2D eigenvalue weighted by Crippen LogP contribution is 2.21. The van der Waals surface area contributed by atoms with E-state index in [1.165, 1.54) is 392 Å². The maximum absolute atomic E-state index is 13.0. The van der Waals surface area contributed by atoms with Gasteiger partial charge in [-0.1, -0.05) is 418 Å². The van der Waals surface area contributed by atoms with Crippen LogP contribution in [0.25, 0.3) is 0 Å². The minimum atomic E-state index is -1.51. The van der Waals surface area contributed by atoms with E-state index in [0.29, 0.717) is 17.4 Å². The van der Waals surface area contributed by atoms with Crippen LogP contribution in [0.3, 0.4) is 0 Å². The summed E-state index contributed by atoms with van der Waals surface area (Å²) < 4.78 is 23.1. The molecular formula is C85H166NO8+. The molecule has 0 aromatic heterocycles. The molecule has 0 aromatic carbocycles. The molecule has 0 radical (unpaired) electrons.